The number of carbonyl (C=O) groups is 1. The average molecular weight is 623 g/mol. The van der Waals surface area contributed by atoms with Crippen LogP contribution in [0.15, 0.2) is 50.7 Å². The highest BCUT2D eigenvalue weighted by Gasteiger charge is 2.40. The largest absolute Gasteiger partial charge is 0.496 e. The lowest BCUT2D eigenvalue weighted by atomic mass is 10.00. The first-order chi connectivity index (χ1) is 21.2. The van der Waals surface area contributed by atoms with E-state index in [4.69, 9.17) is 18.6 Å². The van der Waals surface area contributed by atoms with Gasteiger partial charge in [-0.25, -0.2) is 14.3 Å². The summed E-state index contributed by atoms with van der Waals surface area (Å²) in [4.78, 5) is 49.5. The minimum atomic E-state index is -1.41. The summed E-state index contributed by atoms with van der Waals surface area (Å²) in [5.41, 5.74) is -1.06. The van der Waals surface area contributed by atoms with Gasteiger partial charge < -0.3 is 23.5 Å². The van der Waals surface area contributed by atoms with E-state index in [0.29, 0.717) is 71.1 Å². The molecule has 1 atom stereocenters. The number of hydrogen-bond donors (Lipinski definition) is 0. The van der Waals surface area contributed by atoms with Gasteiger partial charge in [-0.2, -0.15) is 0 Å². The van der Waals surface area contributed by atoms with Gasteiger partial charge in [0.05, 0.1) is 36.7 Å². The van der Waals surface area contributed by atoms with Crippen molar-refractivity contribution in [3.8, 4) is 16.5 Å². The predicted octanol–water partition coefficient (Wildman–Crippen LogP) is 4.35. The lowest BCUT2D eigenvalue weighted by Crippen LogP contribution is -2.59. The number of amides is 1. The Morgan fingerprint density at radius 1 is 1.18 bits per heavy atom. The van der Waals surface area contributed by atoms with Crippen LogP contribution in [-0.4, -0.2) is 64.9 Å². The Kier molecular flexibility index (Phi) is 8.49. The van der Waals surface area contributed by atoms with E-state index in [1.807, 2.05) is 31.2 Å². The van der Waals surface area contributed by atoms with Crippen LogP contribution in [0.2, 0.25) is 0 Å². The molecule has 6 rings (SSSR count). The molecule has 0 unspecified atom stereocenters. The molecule has 1 aromatic carbocycles. The van der Waals surface area contributed by atoms with Crippen LogP contribution in [0.4, 0.5) is 0 Å². The van der Waals surface area contributed by atoms with E-state index in [2.05, 4.69) is 4.98 Å². The Morgan fingerprint density at radius 3 is 2.59 bits per heavy atom. The third-order valence-corrected chi connectivity index (χ3v) is 10.1. The summed E-state index contributed by atoms with van der Waals surface area (Å²) in [6.07, 6.45) is 5.12. The molecule has 0 bridgehead atoms. The van der Waals surface area contributed by atoms with E-state index in [-0.39, 0.29) is 12.5 Å². The highest BCUT2D eigenvalue weighted by atomic mass is 32.1. The Labute approximate surface area is 259 Å². The lowest BCUT2D eigenvalue weighted by molar-refractivity contribution is -0.143. The summed E-state index contributed by atoms with van der Waals surface area (Å²) >= 11 is 1.27. The number of oxazole rings is 1. The second-order valence-electron chi connectivity index (χ2n) is 11.9. The molecule has 4 aromatic rings. The molecule has 2 saturated heterocycles. The summed E-state index contributed by atoms with van der Waals surface area (Å²) in [6, 6.07) is 7.59. The van der Waals surface area contributed by atoms with Gasteiger partial charge in [0.1, 0.15) is 28.5 Å². The molecule has 0 N–H and O–H groups in total. The van der Waals surface area contributed by atoms with Crippen molar-refractivity contribution in [1.82, 2.24) is 19.0 Å². The number of likely N-dealkylation sites (tertiary alicyclic amines) is 1. The monoisotopic (exact) mass is 622 g/mol. The third-order valence-electron chi connectivity index (χ3n) is 8.77. The van der Waals surface area contributed by atoms with Crippen LogP contribution in [0, 0.1) is 12.8 Å². The fraction of sp³-hybridized carbons (Fsp3) is 0.500. The smallest absolute Gasteiger partial charge is 0.333 e. The molecule has 44 heavy (non-hydrogen) atoms. The van der Waals surface area contributed by atoms with Gasteiger partial charge in [-0.3, -0.25) is 14.2 Å². The van der Waals surface area contributed by atoms with Crippen molar-refractivity contribution in [3.05, 3.63) is 68.7 Å². The molecule has 0 saturated carbocycles. The molecule has 1 amide bonds. The number of ether oxygens (including phenoxy) is 3. The Balaban J connectivity index is 1.53. The number of methoxy groups -OCH3 is 1. The zero-order chi connectivity index (χ0) is 31.0. The molecule has 0 spiro atoms. The van der Waals surface area contributed by atoms with Crippen molar-refractivity contribution < 1.29 is 23.4 Å². The topological polar surface area (TPSA) is 118 Å². The first kappa shape index (κ1) is 30.3. The Bertz CT molecular complexity index is 1760. The first-order valence-corrected chi connectivity index (χ1v) is 15.8. The minimum absolute atomic E-state index is 0.0954. The molecular formula is C32H38N4O7S. The van der Waals surface area contributed by atoms with Gasteiger partial charge in [0.2, 0.25) is 11.8 Å². The van der Waals surface area contributed by atoms with E-state index >= 15 is 0 Å². The van der Waals surface area contributed by atoms with Crippen molar-refractivity contribution >= 4 is 27.5 Å². The van der Waals surface area contributed by atoms with E-state index in [1.165, 1.54) is 17.6 Å². The number of rotatable bonds is 10. The molecule has 3 aromatic heterocycles. The first-order valence-electron chi connectivity index (χ1n) is 15.0. The zero-order valence-corrected chi connectivity index (χ0v) is 26.4. The molecule has 2 aliphatic heterocycles. The predicted molar refractivity (Wildman–Crippen MR) is 166 cm³/mol. The number of carbonyl (C=O) groups excluding carboxylic acids is 1. The molecule has 234 valence electrons. The second-order valence-corrected chi connectivity index (χ2v) is 12.9. The maximum atomic E-state index is 14.5. The van der Waals surface area contributed by atoms with Gasteiger partial charge in [0.15, 0.2) is 0 Å². The van der Waals surface area contributed by atoms with Gasteiger partial charge >= 0.3 is 5.69 Å². The van der Waals surface area contributed by atoms with E-state index < -0.39 is 22.9 Å². The van der Waals surface area contributed by atoms with Gasteiger partial charge in [-0.15, -0.1) is 11.3 Å². The maximum absolute atomic E-state index is 14.5. The van der Waals surface area contributed by atoms with Gasteiger partial charge in [-0.05, 0) is 57.6 Å². The van der Waals surface area contributed by atoms with Crippen LogP contribution in [0.1, 0.15) is 50.3 Å². The van der Waals surface area contributed by atoms with Gasteiger partial charge in [0.25, 0.3) is 5.56 Å². The van der Waals surface area contributed by atoms with Crippen molar-refractivity contribution in [2.75, 3.05) is 40.0 Å². The van der Waals surface area contributed by atoms with E-state index in [9.17, 15) is 14.4 Å². The zero-order valence-electron chi connectivity index (χ0n) is 25.5. The number of fused-ring (bicyclic) bond motifs is 1. The summed E-state index contributed by atoms with van der Waals surface area (Å²) < 4.78 is 26.2. The van der Waals surface area contributed by atoms with Crippen LogP contribution >= 0.6 is 11.3 Å². The summed E-state index contributed by atoms with van der Waals surface area (Å²) in [6.45, 7) is 8.27. The van der Waals surface area contributed by atoms with Crippen LogP contribution in [0.25, 0.3) is 21.0 Å². The second kappa shape index (κ2) is 12.3. The lowest BCUT2D eigenvalue weighted by Gasteiger charge is -2.38. The summed E-state index contributed by atoms with van der Waals surface area (Å²) in [5, 5.41) is 0.357. The minimum Gasteiger partial charge on any atom is -0.496 e. The molecule has 5 heterocycles. The molecular weight excluding hydrogens is 584 g/mol. The van der Waals surface area contributed by atoms with E-state index in [1.54, 1.807) is 36.6 Å². The normalized spacial score (nSPS) is 16.7. The van der Waals surface area contributed by atoms with Gasteiger partial charge in [-0.1, -0.05) is 18.2 Å². The number of benzene rings is 1. The van der Waals surface area contributed by atoms with Crippen molar-refractivity contribution in [1.29, 1.82) is 0 Å². The van der Waals surface area contributed by atoms with Crippen LogP contribution < -0.4 is 16.0 Å². The van der Waals surface area contributed by atoms with Crippen molar-refractivity contribution in [2.24, 2.45) is 5.92 Å². The number of thiophene rings is 1. The highest BCUT2D eigenvalue weighted by Crippen LogP contribution is 2.37. The SMILES string of the molecule is COc1ccccc1[C@H](Cn1c(=O)n(C(C)(C)C(=O)N2CCC2)c(=O)c2c(C)c(-c3ncco3)sc21)OCC1CCOCC1. The fourth-order valence-electron chi connectivity index (χ4n) is 6.05. The van der Waals surface area contributed by atoms with E-state index in [0.717, 1.165) is 29.4 Å². The fourth-order valence-corrected chi connectivity index (χ4v) is 7.29. The average Bonchev–Trinajstić information content (AvgIpc) is 3.64. The van der Waals surface area contributed by atoms with Gasteiger partial charge in [0, 0.05) is 31.9 Å². The maximum Gasteiger partial charge on any atom is 0.333 e. The third kappa shape index (κ3) is 5.39. The number of aromatic nitrogens is 3. The quantitative estimate of drug-likeness (QED) is 0.256. The number of aryl methyl sites for hydroxylation is 1. The van der Waals surface area contributed by atoms with Crippen LogP contribution in [0.5, 0.6) is 5.75 Å². The van der Waals surface area contributed by atoms with Crippen molar-refractivity contribution in [2.45, 2.75) is 58.2 Å². The number of nitrogens with zero attached hydrogens (tertiary/aromatic N) is 4. The molecule has 0 radical (unpaired) electrons. The number of hydrogen-bond acceptors (Lipinski definition) is 9. The molecule has 11 nitrogen and oxygen atoms in total. The Hall–Kier alpha value is -3.74. The molecule has 2 fully saturated rings. The van der Waals surface area contributed by atoms with Crippen molar-refractivity contribution in [3.63, 3.8) is 0 Å². The summed E-state index contributed by atoms with van der Waals surface area (Å²) in [7, 11) is 1.61. The summed E-state index contributed by atoms with van der Waals surface area (Å²) in [5.74, 6) is 1.06. The number of para-hydroxylation sites is 1. The standard InChI is InChI=1S/C32H38N4O7S/c1-20-25-28(37)36(32(2,3)30(38)34-13-7-14-34)31(39)35(29(25)44-26(20)27-33-12-17-42-27)18-24(22-8-5-6-9-23(22)40-4)43-19-21-10-15-41-16-11-21/h5-6,8-9,12,17,21,24H,7,10-11,13-16,18-19H2,1-4H3/t24-/m0/s1. The molecule has 0 aliphatic carbocycles. The molecule has 2 aliphatic rings. The van der Waals surface area contributed by atoms with Crippen LogP contribution in [0.3, 0.4) is 0 Å². The molecule has 12 heteroatoms. The highest BCUT2D eigenvalue weighted by molar-refractivity contribution is 7.22. The van der Waals surface area contributed by atoms with Crippen LogP contribution in [-0.2, 0) is 26.4 Å². The Morgan fingerprint density at radius 2 is 1.93 bits per heavy atom.